The minimum absolute atomic E-state index is 0. The highest BCUT2D eigenvalue weighted by Gasteiger charge is 2.11. The number of rotatable bonds is 4. The van der Waals surface area contributed by atoms with Gasteiger partial charge in [0.1, 0.15) is 22.9 Å². The molecule has 2 aromatic carbocycles. The van der Waals surface area contributed by atoms with Gasteiger partial charge in [0.25, 0.3) is 0 Å². The van der Waals surface area contributed by atoms with Gasteiger partial charge in [-0.1, -0.05) is 12.1 Å². The van der Waals surface area contributed by atoms with Crippen molar-refractivity contribution in [1.82, 2.24) is 0 Å². The van der Waals surface area contributed by atoms with Crippen LogP contribution in [-0.4, -0.2) is 34.3 Å². The Balaban J connectivity index is 0.00000264. The van der Waals surface area contributed by atoms with Crippen molar-refractivity contribution in [3.8, 4) is 11.5 Å². The monoisotopic (exact) mass is 372 g/mol. The fourth-order valence-corrected chi connectivity index (χ4v) is 1.95. The molecule has 0 atom stereocenters. The number of carbonyl (C=O) groups is 1. The third-order valence-electron chi connectivity index (χ3n) is 3.23. The van der Waals surface area contributed by atoms with Gasteiger partial charge in [-0.15, -0.1) is 0 Å². The molecule has 132 valence electrons. The van der Waals surface area contributed by atoms with E-state index in [-0.39, 0.29) is 24.8 Å². The summed E-state index contributed by atoms with van der Waals surface area (Å²) in [5.41, 5.74) is 2.06. The van der Waals surface area contributed by atoms with Crippen LogP contribution < -0.4 is 44.1 Å². The normalized spacial score (nSPS) is 9.92. The Morgan fingerprint density at radius 2 is 1.12 bits per heavy atom. The minimum atomic E-state index is -0.739. The first-order chi connectivity index (χ1) is 10.5. The molecule has 7 heteroatoms. The predicted molar refractivity (Wildman–Crippen MR) is 84.5 cm³/mol. The molecule has 5 nitrogen and oxygen atoms in total. The molecular weight excluding hydrogens is 351 g/mol. The van der Waals surface area contributed by atoms with Crippen LogP contribution >= 0.6 is 0 Å². The average molecular weight is 373 g/mol. The summed E-state index contributed by atoms with van der Waals surface area (Å²) >= 11 is 0. The topological polar surface area (TPSA) is 44.4 Å². The van der Waals surface area contributed by atoms with Gasteiger partial charge < -0.3 is 44.1 Å². The first-order valence-corrected chi connectivity index (χ1v) is 7.16. The molecule has 0 amide bonds. The number of benzene rings is 2. The van der Waals surface area contributed by atoms with Crippen molar-refractivity contribution in [3.63, 3.8) is 0 Å². The van der Waals surface area contributed by atoms with E-state index < -0.39 is 6.16 Å². The number of quaternary nitrogens is 2. The van der Waals surface area contributed by atoms with Gasteiger partial charge in [0.15, 0.2) is 0 Å². The zero-order valence-electron chi connectivity index (χ0n) is 14.1. The highest BCUT2D eigenvalue weighted by molar-refractivity contribution is 5.67. The van der Waals surface area contributed by atoms with E-state index in [1.807, 2.05) is 64.6 Å². The lowest BCUT2D eigenvalue weighted by molar-refractivity contribution is -0.786. The van der Waals surface area contributed by atoms with Crippen LogP contribution in [0.1, 0.15) is 0 Å². The molecule has 0 fully saturated rings. The molecule has 2 rings (SSSR count). The lowest BCUT2D eigenvalue weighted by Crippen LogP contribution is -3.00. The second-order valence-corrected chi connectivity index (χ2v) is 5.51. The Bertz CT molecular complexity index is 608. The van der Waals surface area contributed by atoms with Crippen molar-refractivity contribution >= 4 is 17.5 Å². The van der Waals surface area contributed by atoms with Gasteiger partial charge in [-0.3, -0.25) is 0 Å². The van der Waals surface area contributed by atoms with E-state index in [4.69, 9.17) is 9.47 Å². The average Bonchev–Trinajstić information content (AvgIpc) is 2.47. The molecule has 0 aliphatic carbocycles. The van der Waals surface area contributed by atoms with Crippen molar-refractivity contribution < 1.29 is 48.9 Å². The van der Waals surface area contributed by atoms with Crippen LogP contribution in [0.25, 0.3) is 0 Å². The van der Waals surface area contributed by atoms with Crippen LogP contribution in [0.4, 0.5) is 16.2 Å². The number of hydrogen-bond acceptors (Lipinski definition) is 3. The Labute approximate surface area is 155 Å². The molecule has 0 heterocycles. The molecular formula is C17H22Cl2N2O3. The summed E-state index contributed by atoms with van der Waals surface area (Å²) in [5, 5.41) is 0. The molecule has 0 spiro atoms. The molecule has 0 bridgehead atoms. The second-order valence-electron chi connectivity index (χ2n) is 5.51. The highest BCUT2D eigenvalue weighted by atomic mass is 35.5. The molecule has 0 aliphatic heterocycles. The first-order valence-electron chi connectivity index (χ1n) is 7.16. The minimum Gasteiger partial charge on any atom is -1.00 e. The number of nitrogens with one attached hydrogen (secondary N) is 2. The van der Waals surface area contributed by atoms with Gasteiger partial charge in [-0.2, -0.15) is 0 Å². The lowest BCUT2D eigenvalue weighted by atomic mass is 10.3. The predicted octanol–water partition coefficient (Wildman–Crippen LogP) is -5.18. The van der Waals surface area contributed by atoms with Gasteiger partial charge >= 0.3 is 6.16 Å². The van der Waals surface area contributed by atoms with Crippen LogP contribution in [-0.2, 0) is 0 Å². The van der Waals surface area contributed by atoms with Gasteiger partial charge in [0, 0.05) is 12.1 Å². The Kier molecular flexibility index (Phi) is 9.40. The van der Waals surface area contributed by atoms with Gasteiger partial charge in [-0.25, -0.2) is 4.79 Å². The maximum absolute atomic E-state index is 11.9. The maximum atomic E-state index is 11.9. The molecule has 2 N–H and O–H groups in total. The number of hydrogen-bond donors (Lipinski definition) is 2. The van der Waals surface area contributed by atoms with Crippen molar-refractivity contribution in [3.05, 3.63) is 48.5 Å². The standard InChI is InChI=1S/C17H20N2O3.2ClH/c1-18(2)13-7-5-9-15(11-13)21-17(20)22-16-10-6-8-14(12-16)19(3)4;;/h5-12H,1-4H3;2*1H. The molecule has 0 aromatic heterocycles. The number of ether oxygens (including phenoxy) is 2. The summed E-state index contributed by atoms with van der Waals surface area (Å²) in [6.45, 7) is 0. The molecule has 24 heavy (non-hydrogen) atoms. The van der Waals surface area contributed by atoms with E-state index in [9.17, 15) is 4.79 Å². The van der Waals surface area contributed by atoms with Crippen LogP contribution in [0.5, 0.6) is 11.5 Å². The van der Waals surface area contributed by atoms with E-state index in [0.29, 0.717) is 11.5 Å². The highest BCUT2D eigenvalue weighted by Crippen LogP contribution is 2.18. The van der Waals surface area contributed by atoms with Crippen molar-refractivity contribution in [2.45, 2.75) is 0 Å². The summed E-state index contributed by atoms with van der Waals surface area (Å²) in [4.78, 5) is 14.2. The second kappa shape index (κ2) is 10.2. The van der Waals surface area contributed by atoms with Crippen molar-refractivity contribution in [1.29, 1.82) is 0 Å². The Morgan fingerprint density at radius 3 is 1.46 bits per heavy atom. The van der Waals surface area contributed by atoms with Crippen LogP contribution in [0.3, 0.4) is 0 Å². The van der Waals surface area contributed by atoms with Gasteiger partial charge in [0.2, 0.25) is 0 Å². The van der Waals surface area contributed by atoms with E-state index in [1.54, 1.807) is 12.1 Å². The fourth-order valence-electron chi connectivity index (χ4n) is 1.95. The van der Waals surface area contributed by atoms with Crippen LogP contribution in [0.15, 0.2) is 48.5 Å². The van der Waals surface area contributed by atoms with E-state index in [0.717, 1.165) is 21.2 Å². The van der Waals surface area contributed by atoms with Crippen LogP contribution in [0, 0.1) is 0 Å². The van der Waals surface area contributed by atoms with Crippen LogP contribution in [0.2, 0.25) is 0 Å². The largest absolute Gasteiger partial charge is 1.00 e. The summed E-state index contributed by atoms with van der Waals surface area (Å²) in [5.74, 6) is 0.941. The van der Waals surface area contributed by atoms with Gasteiger partial charge in [0.05, 0.1) is 28.2 Å². The molecule has 0 saturated carbocycles. The molecule has 0 unspecified atom stereocenters. The third-order valence-corrected chi connectivity index (χ3v) is 3.23. The van der Waals surface area contributed by atoms with E-state index in [2.05, 4.69) is 0 Å². The van der Waals surface area contributed by atoms with E-state index in [1.165, 1.54) is 0 Å². The van der Waals surface area contributed by atoms with E-state index >= 15 is 0 Å². The third kappa shape index (κ3) is 6.37. The lowest BCUT2D eigenvalue weighted by Gasteiger charge is -2.10. The van der Waals surface area contributed by atoms with Crippen molar-refractivity contribution in [2.75, 3.05) is 28.2 Å². The molecule has 0 aliphatic rings. The maximum Gasteiger partial charge on any atom is 0.519 e. The van der Waals surface area contributed by atoms with Crippen molar-refractivity contribution in [2.24, 2.45) is 0 Å². The quantitative estimate of drug-likeness (QED) is 0.416. The summed E-state index contributed by atoms with van der Waals surface area (Å²) < 4.78 is 10.5. The molecule has 0 radical (unpaired) electrons. The zero-order chi connectivity index (χ0) is 16.1. The smallest absolute Gasteiger partial charge is 0.519 e. The zero-order valence-corrected chi connectivity index (χ0v) is 15.6. The first kappa shape index (κ1) is 22.2. The Morgan fingerprint density at radius 1 is 0.750 bits per heavy atom. The number of halogens is 2. The Hall–Kier alpha value is -1.79. The number of carbonyl (C=O) groups excluding carboxylic acids is 1. The summed E-state index contributed by atoms with van der Waals surface area (Å²) in [7, 11) is 8.03. The summed E-state index contributed by atoms with van der Waals surface area (Å²) in [6, 6.07) is 14.7. The SMILES string of the molecule is C[NH+](C)c1cccc(OC(=O)Oc2cccc([NH+](C)C)c2)c1.[Cl-].[Cl-]. The summed E-state index contributed by atoms with van der Waals surface area (Å²) in [6.07, 6.45) is -0.739. The molecule has 2 aromatic rings. The fraction of sp³-hybridized carbons (Fsp3) is 0.235. The van der Waals surface area contributed by atoms with Gasteiger partial charge in [-0.05, 0) is 24.3 Å². The molecule has 0 saturated heterocycles.